The highest BCUT2D eigenvalue weighted by Crippen LogP contribution is 2.69. The third-order valence-electron chi connectivity index (χ3n) is 11.0. The molecular formula is C26H43NO5. The maximum absolute atomic E-state index is 12.9. The van der Waals surface area contributed by atoms with Gasteiger partial charge in [0.25, 0.3) is 0 Å². The van der Waals surface area contributed by atoms with Crippen molar-refractivity contribution >= 4 is 11.8 Å². The van der Waals surface area contributed by atoms with Crippen LogP contribution < -0.4 is 5.73 Å². The second-order valence-corrected chi connectivity index (χ2v) is 12.1. The number of ketones is 1. The normalized spacial score (nSPS) is 48.9. The van der Waals surface area contributed by atoms with Gasteiger partial charge in [-0.3, -0.25) is 9.59 Å². The Morgan fingerprint density at radius 3 is 2.38 bits per heavy atom. The summed E-state index contributed by atoms with van der Waals surface area (Å²) in [7, 11) is 0. The number of hydrogen-bond acceptors (Lipinski definition) is 5. The number of carboxylic acids is 1. The van der Waals surface area contributed by atoms with Crippen molar-refractivity contribution in [3.05, 3.63) is 0 Å². The van der Waals surface area contributed by atoms with Gasteiger partial charge >= 0.3 is 5.97 Å². The summed E-state index contributed by atoms with van der Waals surface area (Å²) >= 11 is 0. The van der Waals surface area contributed by atoms with E-state index in [4.69, 9.17) is 10.8 Å². The topological polar surface area (TPSA) is 121 Å². The van der Waals surface area contributed by atoms with Crippen molar-refractivity contribution in [1.29, 1.82) is 0 Å². The third kappa shape index (κ3) is 3.56. The highest BCUT2D eigenvalue weighted by molar-refractivity contribution is 5.83. The highest BCUT2D eigenvalue weighted by Gasteiger charge is 2.65. The first-order valence-electron chi connectivity index (χ1n) is 12.9. The molecule has 11 atom stereocenters. The Labute approximate surface area is 192 Å². The summed E-state index contributed by atoms with van der Waals surface area (Å²) in [6, 6.07) is 0. The lowest BCUT2D eigenvalue weighted by Crippen LogP contribution is -2.62. The zero-order chi connectivity index (χ0) is 23.4. The van der Waals surface area contributed by atoms with Crippen molar-refractivity contribution in [3.63, 3.8) is 0 Å². The number of aliphatic carboxylic acids is 1. The Kier molecular flexibility index (Phi) is 6.54. The molecule has 0 heterocycles. The number of fused-ring (bicyclic) bond motifs is 5. The van der Waals surface area contributed by atoms with Crippen LogP contribution in [0.15, 0.2) is 0 Å². The standard InChI is InChI=1S/C26H43NO5/c1-14(4-9-24(31)32)18-7-8-19-17-6-5-15-10-16(28)11-21(22(29)13-27)25(15,2)20(17)12-23(30)26(18,19)3/h14-21,23,28,30H,4-13,27H2,1-3H3,(H,31,32)/t14-,15-,16+,17+,18-,19+,20+,21?,23+,25+,26-/m1/s1. The van der Waals surface area contributed by atoms with E-state index in [-0.39, 0.29) is 47.3 Å². The van der Waals surface area contributed by atoms with E-state index in [2.05, 4.69) is 20.8 Å². The maximum Gasteiger partial charge on any atom is 0.303 e. The van der Waals surface area contributed by atoms with Gasteiger partial charge in [-0.1, -0.05) is 20.8 Å². The Morgan fingerprint density at radius 2 is 1.72 bits per heavy atom. The molecule has 6 nitrogen and oxygen atoms in total. The lowest BCUT2D eigenvalue weighted by atomic mass is 9.41. The summed E-state index contributed by atoms with van der Waals surface area (Å²) < 4.78 is 0. The van der Waals surface area contributed by atoms with E-state index in [0.29, 0.717) is 42.9 Å². The molecule has 4 rings (SSSR count). The summed E-state index contributed by atoms with van der Waals surface area (Å²) in [5.74, 6) is 1.16. The average molecular weight is 450 g/mol. The minimum absolute atomic E-state index is 0.0178. The van der Waals surface area contributed by atoms with Crippen LogP contribution >= 0.6 is 0 Å². The zero-order valence-electron chi connectivity index (χ0n) is 20.0. The van der Waals surface area contributed by atoms with Gasteiger partial charge < -0.3 is 21.1 Å². The molecule has 0 aromatic carbocycles. The minimum atomic E-state index is -0.748. The Hall–Kier alpha value is -0.980. The van der Waals surface area contributed by atoms with Gasteiger partial charge in [0.15, 0.2) is 0 Å². The fourth-order valence-electron chi connectivity index (χ4n) is 9.44. The van der Waals surface area contributed by atoms with Crippen LogP contribution in [0.25, 0.3) is 0 Å². The molecule has 0 bridgehead atoms. The van der Waals surface area contributed by atoms with Crippen LogP contribution in [0.4, 0.5) is 0 Å². The second-order valence-electron chi connectivity index (χ2n) is 12.1. The van der Waals surface area contributed by atoms with Crippen molar-refractivity contribution in [2.75, 3.05) is 6.54 Å². The molecule has 4 fully saturated rings. The molecule has 0 amide bonds. The average Bonchev–Trinajstić information content (AvgIpc) is 3.11. The van der Waals surface area contributed by atoms with Crippen molar-refractivity contribution < 1.29 is 24.9 Å². The van der Waals surface area contributed by atoms with E-state index in [1.54, 1.807) is 0 Å². The highest BCUT2D eigenvalue weighted by atomic mass is 16.4. The van der Waals surface area contributed by atoms with Gasteiger partial charge in [-0.2, -0.15) is 0 Å². The van der Waals surface area contributed by atoms with E-state index in [1.807, 2.05) is 0 Å². The Morgan fingerprint density at radius 1 is 1.00 bits per heavy atom. The van der Waals surface area contributed by atoms with Crippen molar-refractivity contribution in [3.8, 4) is 0 Å². The minimum Gasteiger partial charge on any atom is -0.481 e. The SMILES string of the molecule is C[C@H](CCC(=O)O)[C@H]1CC[C@H]2[C@@H]3CC[C@@H]4C[C@H](O)CC(C(=O)CN)[C@]4(C)[C@H]3C[C@H](O)[C@]12C. The molecule has 0 aromatic rings. The van der Waals surface area contributed by atoms with Crippen LogP contribution in [0.1, 0.15) is 78.6 Å². The first-order valence-corrected chi connectivity index (χ1v) is 12.9. The lowest BCUT2D eigenvalue weighted by Gasteiger charge is -2.64. The summed E-state index contributed by atoms with van der Waals surface area (Å²) in [5.41, 5.74) is 5.40. The number of carbonyl (C=O) groups is 2. The quantitative estimate of drug-likeness (QED) is 0.494. The molecule has 5 N–H and O–H groups in total. The molecule has 0 aromatic heterocycles. The number of nitrogens with two attached hydrogens (primary N) is 1. The van der Waals surface area contributed by atoms with Crippen LogP contribution in [0.3, 0.4) is 0 Å². The molecule has 0 radical (unpaired) electrons. The number of hydrogen-bond donors (Lipinski definition) is 4. The van der Waals surface area contributed by atoms with Crippen LogP contribution in [-0.2, 0) is 9.59 Å². The van der Waals surface area contributed by atoms with E-state index in [0.717, 1.165) is 32.1 Å². The molecule has 4 saturated carbocycles. The first-order chi connectivity index (χ1) is 15.0. The van der Waals surface area contributed by atoms with Gasteiger partial charge in [0.05, 0.1) is 18.8 Å². The number of aliphatic hydroxyl groups is 2. The van der Waals surface area contributed by atoms with Gasteiger partial charge in [0, 0.05) is 12.3 Å². The van der Waals surface area contributed by atoms with Crippen molar-refractivity contribution in [2.45, 2.75) is 90.8 Å². The maximum atomic E-state index is 12.9. The molecule has 4 aliphatic carbocycles. The first kappa shape index (κ1) is 24.2. The predicted octanol–water partition coefficient (Wildman–Crippen LogP) is 3.23. The largest absolute Gasteiger partial charge is 0.481 e. The second kappa shape index (κ2) is 8.66. The molecule has 182 valence electrons. The van der Waals surface area contributed by atoms with Gasteiger partial charge in [-0.15, -0.1) is 0 Å². The van der Waals surface area contributed by atoms with E-state index in [9.17, 15) is 19.8 Å². The van der Waals surface area contributed by atoms with Crippen molar-refractivity contribution in [2.24, 2.45) is 58.0 Å². The molecular weight excluding hydrogens is 406 g/mol. The van der Waals surface area contributed by atoms with Gasteiger partial charge in [0.1, 0.15) is 5.78 Å². The predicted molar refractivity (Wildman–Crippen MR) is 122 cm³/mol. The fraction of sp³-hybridized carbons (Fsp3) is 0.923. The Bertz CT molecular complexity index is 742. The van der Waals surface area contributed by atoms with Crippen LogP contribution in [-0.4, -0.2) is 45.8 Å². The summed E-state index contributed by atoms with van der Waals surface area (Å²) in [6.07, 6.45) is 6.19. The molecule has 4 aliphatic rings. The van der Waals surface area contributed by atoms with Crippen LogP contribution in [0, 0.1) is 52.3 Å². The van der Waals surface area contributed by atoms with Crippen molar-refractivity contribution in [1.82, 2.24) is 0 Å². The number of carbonyl (C=O) groups excluding carboxylic acids is 1. The van der Waals surface area contributed by atoms with Crippen LogP contribution in [0.5, 0.6) is 0 Å². The lowest BCUT2D eigenvalue weighted by molar-refractivity contribution is -0.194. The summed E-state index contributed by atoms with van der Waals surface area (Å²) in [4.78, 5) is 24.1. The molecule has 1 unspecified atom stereocenters. The molecule has 0 spiro atoms. The smallest absolute Gasteiger partial charge is 0.303 e. The number of Topliss-reactive ketones (excluding diaryl/α,β-unsaturated/α-hetero) is 1. The number of aliphatic hydroxyl groups excluding tert-OH is 2. The number of carboxylic acid groups (broad SMARTS) is 1. The fourth-order valence-corrected chi connectivity index (χ4v) is 9.44. The molecule has 0 saturated heterocycles. The third-order valence-corrected chi connectivity index (χ3v) is 11.0. The van der Waals surface area contributed by atoms with E-state index >= 15 is 0 Å². The van der Waals surface area contributed by atoms with Gasteiger partial charge in [-0.25, -0.2) is 0 Å². The van der Waals surface area contributed by atoms with Gasteiger partial charge in [-0.05, 0) is 97.7 Å². The number of rotatable bonds is 6. The molecule has 0 aliphatic heterocycles. The summed E-state index contributed by atoms with van der Waals surface area (Å²) in [5, 5.41) is 31.3. The summed E-state index contributed by atoms with van der Waals surface area (Å²) in [6.45, 7) is 6.70. The van der Waals surface area contributed by atoms with E-state index in [1.165, 1.54) is 0 Å². The zero-order valence-corrected chi connectivity index (χ0v) is 20.0. The van der Waals surface area contributed by atoms with Crippen LogP contribution in [0.2, 0.25) is 0 Å². The van der Waals surface area contributed by atoms with E-state index < -0.39 is 18.2 Å². The Balaban J connectivity index is 1.63. The molecule has 32 heavy (non-hydrogen) atoms. The molecule has 6 heteroatoms. The monoisotopic (exact) mass is 449 g/mol. The van der Waals surface area contributed by atoms with Gasteiger partial charge in [0.2, 0.25) is 0 Å².